The topological polar surface area (TPSA) is 43.6 Å². The van der Waals surface area contributed by atoms with Crippen molar-refractivity contribution in [2.75, 3.05) is 0 Å². The van der Waals surface area contributed by atoms with Gasteiger partial charge in [0.2, 0.25) is 0 Å². The second kappa shape index (κ2) is 12.4. The van der Waals surface area contributed by atoms with E-state index in [4.69, 9.17) is 15.0 Å². The molecule has 0 radical (unpaired) electrons. The molecule has 0 fully saturated rings. The first-order valence-electron chi connectivity index (χ1n) is 16.8. The smallest absolute Gasteiger partial charge is 0.308 e. The molecule has 2 heterocycles. The Bertz CT molecular complexity index is 2490. The van der Waals surface area contributed by atoms with Crippen LogP contribution in [0.1, 0.15) is 31.9 Å². The molecule has 0 N–H and O–H groups in total. The van der Waals surface area contributed by atoms with E-state index in [1.807, 2.05) is 91.0 Å². The summed E-state index contributed by atoms with van der Waals surface area (Å²) in [5.74, 6) is 1.40. The number of alkyl halides is 3. The normalized spacial score (nSPS) is 12.1. The standard InChI is InChI=1S/C44H33F3N4/c1-43(2,3)31-23-25-34-33-19-11-13-21-37(33)51(39(34)27-31)38-26-30(32-18-10-12-20-36(32)44(45,46)47)22-24-35(38)42-49-40(28-14-6-4-7-15-28)48-41(50-42)29-16-8-5-9-17-29/h4-27H,1-3H3. The second-order valence-corrected chi connectivity index (χ2v) is 13.6. The molecule has 2 aromatic heterocycles. The number of halogens is 3. The Balaban J connectivity index is 1.48. The van der Waals surface area contributed by atoms with Crippen LogP contribution in [0.25, 0.3) is 72.8 Å². The Kier molecular flexibility index (Phi) is 7.79. The van der Waals surface area contributed by atoms with E-state index in [2.05, 4.69) is 49.6 Å². The second-order valence-electron chi connectivity index (χ2n) is 13.6. The number of nitrogens with zero attached hydrogens (tertiary/aromatic N) is 4. The van der Waals surface area contributed by atoms with E-state index >= 15 is 0 Å². The zero-order valence-corrected chi connectivity index (χ0v) is 28.3. The Hall–Kier alpha value is -6.08. The molecule has 0 bridgehead atoms. The summed E-state index contributed by atoms with van der Waals surface area (Å²) in [4.78, 5) is 14.9. The van der Waals surface area contributed by atoms with Crippen molar-refractivity contribution >= 4 is 21.8 Å². The molecule has 0 spiro atoms. The number of hydrogen-bond acceptors (Lipinski definition) is 3. The molecule has 51 heavy (non-hydrogen) atoms. The van der Waals surface area contributed by atoms with Crippen molar-refractivity contribution in [3.63, 3.8) is 0 Å². The lowest BCUT2D eigenvalue weighted by Gasteiger charge is -2.20. The van der Waals surface area contributed by atoms with Gasteiger partial charge >= 0.3 is 6.18 Å². The van der Waals surface area contributed by atoms with E-state index in [1.54, 1.807) is 12.1 Å². The minimum atomic E-state index is -4.53. The SMILES string of the molecule is CC(C)(C)c1ccc2c3ccccc3n(-c3cc(-c4ccccc4C(F)(F)F)ccc3-c3nc(-c4ccccc4)nc(-c4ccccc4)n3)c2c1. The van der Waals surface area contributed by atoms with Gasteiger partial charge in [-0.3, -0.25) is 0 Å². The van der Waals surface area contributed by atoms with Gasteiger partial charge in [0.15, 0.2) is 17.5 Å². The van der Waals surface area contributed by atoms with Crippen molar-refractivity contribution in [2.45, 2.75) is 32.4 Å². The first-order chi connectivity index (χ1) is 24.6. The molecule has 0 atom stereocenters. The first kappa shape index (κ1) is 32.1. The van der Waals surface area contributed by atoms with Gasteiger partial charge in [-0.2, -0.15) is 13.2 Å². The summed E-state index contributed by atoms with van der Waals surface area (Å²) >= 11 is 0. The van der Waals surface area contributed by atoms with Crippen LogP contribution in [0.2, 0.25) is 0 Å². The lowest BCUT2D eigenvalue weighted by Crippen LogP contribution is -2.11. The molecule has 0 aliphatic carbocycles. The van der Waals surface area contributed by atoms with Crippen molar-refractivity contribution in [3.05, 3.63) is 157 Å². The van der Waals surface area contributed by atoms with Crippen molar-refractivity contribution in [1.29, 1.82) is 0 Å². The van der Waals surface area contributed by atoms with Crippen LogP contribution in [0.5, 0.6) is 0 Å². The summed E-state index contributed by atoms with van der Waals surface area (Å²) in [5.41, 5.74) is 5.64. The minimum absolute atomic E-state index is 0.0968. The molecule has 0 saturated heterocycles. The van der Waals surface area contributed by atoms with Gasteiger partial charge in [-0.15, -0.1) is 0 Å². The Morgan fingerprint density at radius 1 is 0.471 bits per heavy atom. The third kappa shape index (κ3) is 5.95. The summed E-state index contributed by atoms with van der Waals surface area (Å²) < 4.78 is 45.4. The maximum atomic E-state index is 14.4. The quantitative estimate of drug-likeness (QED) is 0.182. The Labute approximate surface area is 293 Å². The molecule has 0 aliphatic heterocycles. The predicted octanol–water partition coefficient (Wildman–Crippen LogP) is 12.0. The van der Waals surface area contributed by atoms with Gasteiger partial charge in [0.25, 0.3) is 0 Å². The Morgan fingerprint density at radius 3 is 1.69 bits per heavy atom. The summed E-state index contributed by atoms with van der Waals surface area (Å²) in [6, 6.07) is 45.1. The molecule has 8 aromatic rings. The van der Waals surface area contributed by atoms with Crippen LogP contribution in [0.3, 0.4) is 0 Å². The van der Waals surface area contributed by atoms with Crippen LogP contribution in [0.15, 0.2) is 146 Å². The van der Waals surface area contributed by atoms with Gasteiger partial charge in [0, 0.05) is 27.5 Å². The summed E-state index contributed by atoms with van der Waals surface area (Å²) in [6.45, 7) is 6.51. The highest BCUT2D eigenvalue weighted by atomic mass is 19.4. The van der Waals surface area contributed by atoms with Gasteiger partial charge in [0.1, 0.15) is 0 Å². The van der Waals surface area contributed by atoms with Crippen LogP contribution >= 0.6 is 0 Å². The fourth-order valence-corrected chi connectivity index (χ4v) is 6.68. The van der Waals surface area contributed by atoms with Crippen molar-refractivity contribution in [2.24, 2.45) is 0 Å². The third-order valence-electron chi connectivity index (χ3n) is 9.26. The largest absolute Gasteiger partial charge is 0.417 e. The van der Waals surface area contributed by atoms with Gasteiger partial charge in [-0.25, -0.2) is 15.0 Å². The van der Waals surface area contributed by atoms with E-state index in [1.165, 1.54) is 12.1 Å². The molecular formula is C44H33F3N4. The number of hydrogen-bond donors (Lipinski definition) is 0. The molecule has 0 amide bonds. The van der Waals surface area contributed by atoms with Gasteiger partial charge in [-0.1, -0.05) is 136 Å². The average molecular weight is 675 g/mol. The van der Waals surface area contributed by atoms with Crippen LogP contribution in [-0.2, 0) is 11.6 Å². The van der Waals surface area contributed by atoms with E-state index in [9.17, 15) is 13.2 Å². The van der Waals surface area contributed by atoms with Gasteiger partial charge < -0.3 is 4.57 Å². The molecule has 0 unspecified atom stereocenters. The fraction of sp³-hybridized carbons (Fsp3) is 0.114. The highest BCUT2D eigenvalue weighted by Gasteiger charge is 2.33. The monoisotopic (exact) mass is 674 g/mol. The zero-order chi connectivity index (χ0) is 35.3. The minimum Gasteiger partial charge on any atom is -0.308 e. The summed E-state index contributed by atoms with van der Waals surface area (Å²) in [6.07, 6.45) is -4.53. The highest BCUT2D eigenvalue weighted by Crippen LogP contribution is 2.42. The van der Waals surface area contributed by atoms with Gasteiger partial charge in [0.05, 0.1) is 22.3 Å². The molecule has 6 aromatic carbocycles. The number of aromatic nitrogens is 4. The van der Waals surface area contributed by atoms with Crippen LogP contribution in [0.4, 0.5) is 13.2 Å². The molecule has 4 nitrogen and oxygen atoms in total. The van der Waals surface area contributed by atoms with Crippen molar-refractivity contribution < 1.29 is 13.2 Å². The lowest BCUT2D eigenvalue weighted by molar-refractivity contribution is -0.137. The number of benzene rings is 6. The van der Waals surface area contributed by atoms with E-state index in [-0.39, 0.29) is 11.0 Å². The fourth-order valence-electron chi connectivity index (χ4n) is 6.68. The molecule has 8 rings (SSSR count). The molecule has 0 aliphatic rings. The summed E-state index contributed by atoms with van der Waals surface area (Å²) in [7, 11) is 0. The van der Waals surface area contributed by atoms with Crippen LogP contribution in [-0.4, -0.2) is 19.5 Å². The highest BCUT2D eigenvalue weighted by molar-refractivity contribution is 6.10. The number of para-hydroxylation sites is 1. The molecule has 7 heteroatoms. The van der Waals surface area contributed by atoms with Crippen LogP contribution in [0, 0.1) is 0 Å². The zero-order valence-electron chi connectivity index (χ0n) is 28.3. The predicted molar refractivity (Wildman–Crippen MR) is 200 cm³/mol. The first-order valence-corrected chi connectivity index (χ1v) is 16.8. The Morgan fingerprint density at radius 2 is 1.04 bits per heavy atom. The van der Waals surface area contributed by atoms with E-state index < -0.39 is 11.7 Å². The molecule has 0 saturated carbocycles. The lowest BCUT2D eigenvalue weighted by atomic mass is 9.86. The maximum Gasteiger partial charge on any atom is 0.417 e. The van der Waals surface area contributed by atoms with E-state index in [0.717, 1.165) is 44.6 Å². The number of fused-ring (bicyclic) bond motifs is 3. The molecular weight excluding hydrogens is 642 g/mol. The number of rotatable bonds is 5. The maximum absolute atomic E-state index is 14.4. The molecule has 250 valence electrons. The van der Waals surface area contributed by atoms with Gasteiger partial charge in [-0.05, 0) is 52.4 Å². The van der Waals surface area contributed by atoms with Crippen molar-refractivity contribution in [1.82, 2.24) is 19.5 Å². The average Bonchev–Trinajstić information content (AvgIpc) is 3.48. The van der Waals surface area contributed by atoms with Crippen molar-refractivity contribution in [3.8, 4) is 51.0 Å². The summed E-state index contributed by atoms with van der Waals surface area (Å²) in [5, 5.41) is 2.07. The van der Waals surface area contributed by atoms with E-state index in [0.29, 0.717) is 34.3 Å². The third-order valence-corrected chi connectivity index (χ3v) is 9.26. The van der Waals surface area contributed by atoms with Crippen LogP contribution < -0.4 is 0 Å².